The lowest BCUT2D eigenvalue weighted by Crippen LogP contribution is -2.28. The van der Waals surface area contributed by atoms with Gasteiger partial charge < -0.3 is 10.3 Å². The molecule has 7 nitrogen and oxygen atoms in total. The van der Waals surface area contributed by atoms with E-state index in [-0.39, 0.29) is 11.3 Å². The zero-order chi connectivity index (χ0) is 20.3. The van der Waals surface area contributed by atoms with Gasteiger partial charge in [0.05, 0.1) is 17.0 Å². The minimum Gasteiger partial charge on any atom is -0.340 e. The summed E-state index contributed by atoms with van der Waals surface area (Å²) in [4.78, 5) is 43.4. The van der Waals surface area contributed by atoms with Crippen LogP contribution in [-0.4, -0.2) is 20.4 Å². The standard InChI is InChI=1S/C21H15ClN4O3/c1-26-18-16(20(28)25-21(26)29)15(17(24-18)10-6-8-11(22)9-7-10)14-12-4-2-3-5-13(12)23-19(14)27/h2-9,14,24H,1H3,(H,23,27)(H,25,28,29). The second-order valence-corrected chi connectivity index (χ2v) is 7.41. The molecule has 0 saturated carbocycles. The summed E-state index contributed by atoms with van der Waals surface area (Å²) in [6.45, 7) is 0. The van der Waals surface area contributed by atoms with Crippen LogP contribution in [0.25, 0.3) is 22.3 Å². The predicted octanol–water partition coefficient (Wildman–Crippen LogP) is 2.96. The lowest BCUT2D eigenvalue weighted by atomic mass is 9.89. The fourth-order valence-electron chi connectivity index (χ4n) is 3.96. The molecule has 144 valence electrons. The van der Waals surface area contributed by atoms with E-state index >= 15 is 0 Å². The Bertz CT molecular complexity index is 1410. The predicted molar refractivity (Wildman–Crippen MR) is 112 cm³/mol. The third-order valence-corrected chi connectivity index (χ3v) is 5.57. The summed E-state index contributed by atoms with van der Waals surface area (Å²) in [6.07, 6.45) is 0. The van der Waals surface area contributed by atoms with Crippen molar-refractivity contribution in [3.8, 4) is 11.3 Å². The number of aromatic amines is 2. The number of para-hydroxylation sites is 1. The Morgan fingerprint density at radius 2 is 1.69 bits per heavy atom. The molecule has 0 aliphatic carbocycles. The first-order valence-electron chi connectivity index (χ1n) is 8.96. The number of carbonyl (C=O) groups is 1. The molecule has 0 fully saturated rings. The Morgan fingerprint density at radius 1 is 0.966 bits per heavy atom. The van der Waals surface area contributed by atoms with Crippen molar-refractivity contribution < 1.29 is 4.79 Å². The lowest BCUT2D eigenvalue weighted by molar-refractivity contribution is -0.116. The van der Waals surface area contributed by atoms with E-state index in [1.54, 1.807) is 19.2 Å². The first-order chi connectivity index (χ1) is 14.0. The quantitative estimate of drug-likeness (QED) is 0.477. The molecular weight excluding hydrogens is 392 g/mol. The largest absolute Gasteiger partial charge is 0.340 e. The van der Waals surface area contributed by atoms with Crippen molar-refractivity contribution in [2.75, 3.05) is 5.32 Å². The van der Waals surface area contributed by atoms with Crippen LogP contribution >= 0.6 is 11.6 Å². The average Bonchev–Trinajstić information content (AvgIpc) is 3.24. The Morgan fingerprint density at radius 3 is 2.45 bits per heavy atom. The zero-order valence-electron chi connectivity index (χ0n) is 15.2. The maximum Gasteiger partial charge on any atom is 0.329 e. The van der Waals surface area contributed by atoms with Crippen molar-refractivity contribution in [1.29, 1.82) is 0 Å². The van der Waals surface area contributed by atoms with Crippen LogP contribution in [0.15, 0.2) is 58.1 Å². The van der Waals surface area contributed by atoms with Gasteiger partial charge in [0.15, 0.2) is 0 Å². The van der Waals surface area contributed by atoms with E-state index in [0.29, 0.717) is 27.6 Å². The number of rotatable bonds is 2. The van der Waals surface area contributed by atoms with E-state index in [4.69, 9.17) is 11.6 Å². The third kappa shape index (κ3) is 2.55. The molecule has 0 saturated heterocycles. The van der Waals surface area contributed by atoms with Crippen molar-refractivity contribution in [1.82, 2.24) is 14.5 Å². The second-order valence-electron chi connectivity index (χ2n) is 6.97. The molecule has 1 aliphatic rings. The Balaban J connectivity index is 1.91. The molecule has 3 heterocycles. The van der Waals surface area contributed by atoms with Gasteiger partial charge >= 0.3 is 5.69 Å². The molecule has 1 amide bonds. The van der Waals surface area contributed by atoms with Crippen molar-refractivity contribution in [3.05, 3.63) is 85.5 Å². The molecule has 1 aliphatic heterocycles. The van der Waals surface area contributed by atoms with Crippen molar-refractivity contribution in [2.24, 2.45) is 7.05 Å². The van der Waals surface area contributed by atoms with Crippen molar-refractivity contribution >= 4 is 34.2 Å². The number of halogens is 1. The van der Waals surface area contributed by atoms with Gasteiger partial charge in [-0.3, -0.25) is 19.1 Å². The lowest BCUT2D eigenvalue weighted by Gasteiger charge is -2.11. The van der Waals surface area contributed by atoms with Gasteiger partial charge in [-0.05, 0) is 29.3 Å². The number of nitrogens with zero attached hydrogens (tertiary/aromatic N) is 1. The molecule has 0 bridgehead atoms. The summed E-state index contributed by atoms with van der Waals surface area (Å²) in [5.74, 6) is -0.917. The van der Waals surface area contributed by atoms with Gasteiger partial charge in [-0.1, -0.05) is 41.9 Å². The van der Waals surface area contributed by atoms with Crippen molar-refractivity contribution in [3.63, 3.8) is 0 Å². The monoisotopic (exact) mass is 406 g/mol. The number of carbonyl (C=O) groups excluding carboxylic acids is 1. The molecule has 8 heteroatoms. The molecule has 2 aromatic carbocycles. The van der Waals surface area contributed by atoms with E-state index in [1.165, 1.54) is 4.57 Å². The van der Waals surface area contributed by atoms with Crippen LogP contribution in [0.4, 0.5) is 5.69 Å². The highest BCUT2D eigenvalue weighted by Gasteiger charge is 2.37. The summed E-state index contributed by atoms with van der Waals surface area (Å²) >= 11 is 6.03. The number of hydrogen-bond donors (Lipinski definition) is 3. The Hall–Kier alpha value is -3.58. The van der Waals surface area contributed by atoms with Crippen LogP contribution in [0.5, 0.6) is 0 Å². The number of aromatic nitrogens is 3. The van der Waals surface area contributed by atoms with Gasteiger partial charge in [0.1, 0.15) is 5.65 Å². The number of fused-ring (bicyclic) bond motifs is 2. The summed E-state index contributed by atoms with van der Waals surface area (Å²) in [7, 11) is 1.56. The van der Waals surface area contributed by atoms with Gasteiger partial charge in [-0.25, -0.2) is 4.79 Å². The maximum atomic E-state index is 12.9. The van der Waals surface area contributed by atoms with Crippen molar-refractivity contribution in [2.45, 2.75) is 5.92 Å². The molecule has 5 rings (SSSR count). The summed E-state index contributed by atoms with van der Waals surface area (Å²) in [6, 6.07) is 14.5. The fourth-order valence-corrected chi connectivity index (χ4v) is 4.08. The van der Waals surface area contributed by atoms with Gasteiger partial charge in [-0.2, -0.15) is 0 Å². The number of hydrogen-bond acceptors (Lipinski definition) is 3. The zero-order valence-corrected chi connectivity index (χ0v) is 16.0. The van der Waals surface area contributed by atoms with Gasteiger partial charge in [0.25, 0.3) is 5.56 Å². The van der Waals surface area contributed by atoms with E-state index < -0.39 is 17.2 Å². The van der Waals surface area contributed by atoms with Crippen LogP contribution in [-0.2, 0) is 11.8 Å². The van der Waals surface area contributed by atoms with E-state index in [1.807, 2.05) is 36.4 Å². The maximum absolute atomic E-state index is 12.9. The Kier molecular flexibility index (Phi) is 3.75. The summed E-state index contributed by atoms with van der Waals surface area (Å²) in [5, 5.41) is 3.74. The van der Waals surface area contributed by atoms with Crippen LogP contribution in [0.1, 0.15) is 17.0 Å². The average molecular weight is 407 g/mol. The van der Waals surface area contributed by atoms with Crippen LogP contribution < -0.4 is 16.6 Å². The topological polar surface area (TPSA) is 99.8 Å². The third-order valence-electron chi connectivity index (χ3n) is 5.32. The minimum atomic E-state index is -0.691. The first kappa shape index (κ1) is 17.5. The molecule has 2 aromatic heterocycles. The highest BCUT2D eigenvalue weighted by atomic mass is 35.5. The molecule has 0 spiro atoms. The van der Waals surface area contributed by atoms with Gasteiger partial charge in [0, 0.05) is 23.3 Å². The van der Waals surface area contributed by atoms with Crippen LogP contribution in [0, 0.1) is 0 Å². The number of nitrogens with one attached hydrogen (secondary N) is 3. The Labute approximate surface area is 169 Å². The highest BCUT2D eigenvalue weighted by molar-refractivity contribution is 6.30. The number of anilines is 1. The van der Waals surface area contributed by atoms with Crippen LogP contribution in [0.3, 0.4) is 0 Å². The number of H-pyrrole nitrogens is 2. The first-order valence-corrected chi connectivity index (χ1v) is 9.34. The number of amides is 1. The van der Waals surface area contributed by atoms with Gasteiger partial charge in [0.2, 0.25) is 5.91 Å². The summed E-state index contributed by atoms with van der Waals surface area (Å²) < 4.78 is 1.33. The van der Waals surface area contributed by atoms with E-state index in [0.717, 1.165) is 11.1 Å². The SMILES string of the molecule is Cn1c(=O)[nH]c(=O)c2c(C3C(=O)Nc4ccccc43)c(-c3ccc(Cl)cc3)[nH]c21. The molecular formula is C21H15ClN4O3. The molecule has 4 aromatic rings. The molecule has 0 radical (unpaired) electrons. The second kappa shape index (κ2) is 6.22. The van der Waals surface area contributed by atoms with Gasteiger partial charge in [-0.15, -0.1) is 0 Å². The number of aryl methyl sites for hydroxylation is 1. The molecule has 1 unspecified atom stereocenters. The minimum absolute atomic E-state index is 0.226. The van der Waals surface area contributed by atoms with E-state index in [2.05, 4.69) is 15.3 Å². The smallest absolute Gasteiger partial charge is 0.329 e. The number of benzene rings is 2. The molecule has 3 N–H and O–H groups in total. The molecule has 29 heavy (non-hydrogen) atoms. The summed E-state index contributed by atoms with van der Waals surface area (Å²) in [5.41, 5.74) is 2.66. The van der Waals surface area contributed by atoms with E-state index in [9.17, 15) is 14.4 Å². The highest BCUT2D eigenvalue weighted by Crippen LogP contribution is 2.43. The fraction of sp³-hybridized carbons (Fsp3) is 0.0952. The molecule has 1 atom stereocenters. The normalized spacial score (nSPS) is 15.5. The van der Waals surface area contributed by atoms with Crippen LogP contribution in [0.2, 0.25) is 5.02 Å².